The minimum absolute atomic E-state index is 0.0282. The van der Waals surface area contributed by atoms with E-state index < -0.39 is 15.4 Å². The second-order valence-corrected chi connectivity index (χ2v) is 9.98. The summed E-state index contributed by atoms with van der Waals surface area (Å²) in [5, 5.41) is 3.71. The predicted molar refractivity (Wildman–Crippen MR) is 111 cm³/mol. The van der Waals surface area contributed by atoms with Crippen LogP contribution in [0.15, 0.2) is 54.6 Å². The summed E-state index contributed by atoms with van der Waals surface area (Å²) in [5.41, 5.74) is 3.29. The third-order valence-electron chi connectivity index (χ3n) is 5.23. The monoisotopic (exact) mass is 394 g/mol. The summed E-state index contributed by atoms with van der Waals surface area (Å²) in [6, 6.07) is 17.3. The van der Waals surface area contributed by atoms with Crippen molar-refractivity contribution in [3.05, 3.63) is 65.7 Å². The maximum Gasteiger partial charge on any atom is 0.252 e. The molecule has 0 bridgehead atoms. The molecule has 0 saturated carbocycles. The molecule has 5 nitrogen and oxygen atoms in total. The van der Waals surface area contributed by atoms with Crippen LogP contribution in [-0.4, -0.2) is 36.4 Å². The molecule has 1 saturated heterocycles. The number of carbonyl (C=O) groups is 1. The van der Waals surface area contributed by atoms with Gasteiger partial charge in [-0.2, -0.15) is 0 Å². The van der Waals surface area contributed by atoms with Gasteiger partial charge in [-0.05, 0) is 32.4 Å². The number of amides is 1. The first-order valence-corrected chi connectivity index (χ1v) is 11.1. The van der Waals surface area contributed by atoms with Gasteiger partial charge in [0.25, 0.3) is 5.91 Å². The Balaban J connectivity index is 1.77. The summed E-state index contributed by atoms with van der Waals surface area (Å²) < 4.78 is 23.8. The summed E-state index contributed by atoms with van der Waals surface area (Å²) in [6.45, 7) is 3.81. The van der Waals surface area contributed by atoms with Crippen molar-refractivity contribution in [2.45, 2.75) is 25.8 Å². The number of nitrogens with zero attached hydrogens (tertiary/aromatic N) is 1. The largest absolute Gasteiger partial charge is 0.346 e. The molecule has 1 N–H and O–H groups in total. The zero-order valence-corrected chi connectivity index (χ0v) is 16.7. The van der Waals surface area contributed by atoms with Gasteiger partial charge in [-0.25, -0.2) is 13.4 Å². The van der Waals surface area contributed by atoms with Gasteiger partial charge in [0.15, 0.2) is 9.84 Å². The number of benzene rings is 2. The van der Waals surface area contributed by atoms with Crippen LogP contribution in [0.1, 0.15) is 29.3 Å². The van der Waals surface area contributed by atoms with E-state index in [4.69, 9.17) is 4.98 Å². The average molecular weight is 394 g/mol. The number of aromatic nitrogens is 1. The number of pyridine rings is 1. The molecule has 1 unspecified atom stereocenters. The Labute approximate surface area is 164 Å². The fraction of sp³-hybridized carbons (Fsp3) is 0.273. The highest BCUT2D eigenvalue weighted by Crippen LogP contribution is 2.27. The Bertz CT molecular complexity index is 1170. The number of rotatable bonds is 3. The van der Waals surface area contributed by atoms with Crippen molar-refractivity contribution < 1.29 is 13.2 Å². The van der Waals surface area contributed by atoms with Crippen LogP contribution in [0.25, 0.3) is 22.2 Å². The van der Waals surface area contributed by atoms with Crippen LogP contribution in [0.3, 0.4) is 0 Å². The quantitative estimate of drug-likeness (QED) is 0.737. The Kier molecular flexibility index (Phi) is 4.46. The van der Waals surface area contributed by atoms with Crippen LogP contribution in [0, 0.1) is 6.92 Å². The van der Waals surface area contributed by atoms with E-state index in [1.807, 2.05) is 55.5 Å². The van der Waals surface area contributed by atoms with Crippen molar-refractivity contribution in [2.24, 2.45) is 0 Å². The molecule has 28 heavy (non-hydrogen) atoms. The molecule has 1 fully saturated rings. The van der Waals surface area contributed by atoms with Gasteiger partial charge in [0.2, 0.25) is 0 Å². The van der Waals surface area contributed by atoms with Crippen LogP contribution < -0.4 is 5.32 Å². The molecule has 0 radical (unpaired) electrons. The van der Waals surface area contributed by atoms with Crippen LogP contribution >= 0.6 is 0 Å². The van der Waals surface area contributed by atoms with Crippen molar-refractivity contribution in [1.29, 1.82) is 0 Å². The second-order valence-electron chi connectivity index (χ2n) is 7.80. The fourth-order valence-electron chi connectivity index (χ4n) is 3.69. The van der Waals surface area contributed by atoms with Crippen LogP contribution in [0.4, 0.5) is 0 Å². The third-order valence-corrected chi connectivity index (χ3v) is 7.13. The van der Waals surface area contributed by atoms with E-state index in [0.717, 1.165) is 22.0 Å². The van der Waals surface area contributed by atoms with Crippen molar-refractivity contribution >= 4 is 26.6 Å². The zero-order chi connectivity index (χ0) is 19.9. The van der Waals surface area contributed by atoms with Crippen molar-refractivity contribution in [3.8, 4) is 11.3 Å². The van der Waals surface area contributed by atoms with Gasteiger partial charge < -0.3 is 5.32 Å². The molecule has 144 valence electrons. The molecule has 0 aliphatic carbocycles. The second kappa shape index (κ2) is 6.71. The molecule has 1 atom stereocenters. The van der Waals surface area contributed by atoms with Gasteiger partial charge in [-0.15, -0.1) is 0 Å². The molecule has 2 heterocycles. The van der Waals surface area contributed by atoms with E-state index >= 15 is 0 Å². The number of aryl methyl sites for hydroxylation is 1. The Morgan fingerprint density at radius 2 is 1.82 bits per heavy atom. The maximum absolute atomic E-state index is 13.1. The zero-order valence-electron chi connectivity index (χ0n) is 15.9. The SMILES string of the molecule is Cc1ccc(-c2cc(C(=O)NC3(C)CCS(=O)(=O)C3)c3ccccc3n2)cc1. The molecular formula is C22H22N2O3S. The van der Waals surface area contributed by atoms with Gasteiger partial charge in [0, 0.05) is 10.9 Å². The van der Waals surface area contributed by atoms with E-state index in [1.54, 1.807) is 13.0 Å². The van der Waals surface area contributed by atoms with E-state index in [-0.39, 0.29) is 17.4 Å². The van der Waals surface area contributed by atoms with Gasteiger partial charge >= 0.3 is 0 Å². The molecule has 6 heteroatoms. The van der Waals surface area contributed by atoms with Crippen molar-refractivity contribution in [2.75, 3.05) is 11.5 Å². The highest BCUT2D eigenvalue weighted by atomic mass is 32.2. The molecule has 1 aromatic heterocycles. The lowest BCUT2D eigenvalue weighted by Crippen LogP contribution is -2.47. The number of para-hydroxylation sites is 1. The number of fused-ring (bicyclic) bond motifs is 1. The van der Waals surface area contributed by atoms with E-state index in [1.165, 1.54) is 0 Å². The first-order chi connectivity index (χ1) is 13.2. The van der Waals surface area contributed by atoms with E-state index in [0.29, 0.717) is 17.7 Å². The molecule has 4 rings (SSSR count). The summed E-state index contributed by atoms with van der Waals surface area (Å²) in [5.74, 6) is -0.193. The predicted octanol–water partition coefficient (Wildman–Crippen LogP) is 3.52. The standard InChI is InChI=1S/C22H22N2O3S/c1-15-7-9-16(10-8-15)20-13-18(17-5-3-4-6-19(17)23-20)21(25)24-22(2)11-12-28(26,27)14-22/h3-10,13H,11-12,14H2,1-2H3,(H,24,25). The summed E-state index contributed by atoms with van der Waals surface area (Å²) >= 11 is 0. The molecule has 1 aliphatic rings. The first kappa shape index (κ1) is 18.6. The van der Waals surface area contributed by atoms with Crippen LogP contribution in [-0.2, 0) is 9.84 Å². The highest BCUT2D eigenvalue weighted by Gasteiger charge is 2.39. The smallest absolute Gasteiger partial charge is 0.252 e. The lowest BCUT2D eigenvalue weighted by molar-refractivity contribution is 0.0917. The molecule has 1 amide bonds. The fourth-order valence-corrected chi connectivity index (χ4v) is 5.78. The Morgan fingerprint density at radius 1 is 1.11 bits per heavy atom. The van der Waals surface area contributed by atoms with Crippen molar-refractivity contribution in [3.63, 3.8) is 0 Å². The molecule has 2 aromatic carbocycles. The van der Waals surface area contributed by atoms with Crippen LogP contribution in [0.2, 0.25) is 0 Å². The molecule has 1 aliphatic heterocycles. The van der Waals surface area contributed by atoms with Crippen LogP contribution in [0.5, 0.6) is 0 Å². The number of nitrogens with one attached hydrogen (secondary N) is 1. The Morgan fingerprint density at radius 3 is 2.50 bits per heavy atom. The minimum atomic E-state index is -3.11. The van der Waals surface area contributed by atoms with Gasteiger partial charge in [-0.1, -0.05) is 48.0 Å². The highest BCUT2D eigenvalue weighted by molar-refractivity contribution is 7.91. The normalized spacial score (nSPS) is 20.9. The number of hydrogen-bond donors (Lipinski definition) is 1. The van der Waals surface area contributed by atoms with Crippen molar-refractivity contribution in [1.82, 2.24) is 10.3 Å². The first-order valence-electron chi connectivity index (χ1n) is 9.25. The minimum Gasteiger partial charge on any atom is -0.346 e. The molecular weight excluding hydrogens is 372 g/mol. The summed E-state index contributed by atoms with van der Waals surface area (Å²) in [4.78, 5) is 17.8. The lowest BCUT2D eigenvalue weighted by atomic mass is 9.99. The lowest BCUT2D eigenvalue weighted by Gasteiger charge is -2.24. The molecule has 0 spiro atoms. The Hall–Kier alpha value is -2.73. The average Bonchev–Trinajstić information content (AvgIpc) is 2.94. The summed E-state index contributed by atoms with van der Waals surface area (Å²) in [7, 11) is -3.11. The number of hydrogen-bond acceptors (Lipinski definition) is 4. The van der Waals surface area contributed by atoms with E-state index in [9.17, 15) is 13.2 Å². The topological polar surface area (TPSA) is 76.1 Å². The van der Waals surface area contributed by atoms with Gasteiger partial charge in [0.1, 0.15) is 0 Å². The third kappa shape index (κ3) is 3.64. The number of sulfone groups is 1. The molecule has 3 aromatic rings. The van der Waals surface area contributed by atoms with Gasteiger partial charge in [0.05, 0.1) is 33.8 Å². The maximum atomic E-state index is 13.1. The van der Waals surface area contributed by atoms with Gasteiger partial charge in [-0.3, -0.25) is 4.79 Å². The summed E-state index contributed by atoms with van der Waals surface area (Å²) in [6.07, 6.45) is 0.426. The van der Waals surface area contributed by atoms with E-state index in [2.05, 4.69) is 5.32 Å². The number of carbonyl (C=O) groups excluding carboxylic acids is 1.